The molecule has 4 fully saturated rings. The van der Waals surface area contributed by atoms with Crippen molar-refractivity contribution in [3.8, 4) is 0 Å². The fourth-order valence-electron chi connectivity index (χ4n) is 11.8. The second kappa shape index (κ2) is 12.5. The van der Waals surface area contributed by atoms with Gasteiger partial charge in [0.25, 0.3) is 0 Å². The van der Waals surface area contributed by atoms with Gasteiger partial charge in [0.1, 0.15) is 5.41 Å². The van der Waals surface area contributed by atoms with E-state index in [2.05, 4.69) is 58.8 Å². The fourth-order valence-corrected chi connectivity index (χ4v) is 11.8. The Morgan fingerprint density at radius 3 is 2.23 bits per heavy atom. The van der Waals surface area contributed by atoms with Crippen LogP contribution in [0.4, 0.5) is 5.69 Å². The molecule has 5 aliphatic rings. The number of anilines is 1. The van der Waals surface area contributed by atoms with E-state index in [0.717, 1.165) is 42.0 Å². The molecule has 5 aliphatic carbocycles. The van der Waals surface area contributed by atoms with Crippen LogP contribution in [0.15, 0.2) is 35.7 Å². The lowest BCUT2D eigenvalue weighted by molar-refractivity contribution is -0.267. The topological polar surface area (TPSA) is 112 Å². The molecule has 258 valence electrons. The van der Waals surface area contributed by atoms with Gasteiger partial charge in [0.15, 0.2) is 5.78 Å². The van der Waals surface area contributed by atoms with Gasteiger partial charge in [-0.05, 0) is 120 Å². The highest BCUT2D eigenvalue weighted by Crippen LogP contribution is 2.76. The molecule has 1 aromatic heterocycles. The van der Waals surface area contributed by atoms with Gasteiger partial charge in [-0.15, -0.1) is 0 Å². The summed E-state index contributed by atoms with van der Waals surface area (Å²) in [6.07, 6.45) is 13.5. The maximum atomic E-state index is 13.6. The van der Waals surface area contributed by atoms with Crippen molar-refractivity contribution in [1.82, 2.24) is 4.98 Å². The number of carbonyl (C=O) groups is 4. The predicted octanol–water partition coefficient (Wildman–Crippen LogP) is 8.42. The highest BCUT2D eigenvalue weighted by molar-refractivity contribution is 6.06. The summed E-state index contributed by atoms with van der Waals surface area (Å²) in [6.45, 7) is 19.5. The van der Waals surface area contributed by atoms with Gasteiger partial charge in [0, 0.05) is 26.5 Å². The second-order valence-corrected chi connectivity index (χ2v) is 17.0. The Morgan fingerprint density at radius 2 is 1.62 bits per heavy atom. The standard InChI is InChI=1S/C32H48O5.C7H8N2O/c1-19(2)25-22(34)18-32(27(35)37-36-20(3)33)17-16-30(7)21(26(25)32)10-11-24-29(6)14-9-13-28(4,5)23(29)12-15-31(24,30)8;1-6(10)9-7-3-2-4-8-5-7/h19,21,23-24H,9-18H2,1-8H3;2-5H,1H3,(H,9,10)/t21-,23+,24-,29+,30-,31-,32-;/m1./s1. The summed E-state index contributed by atoms with van der Waals surface area (Å²) in [5.74, 6) is 0.420. The van der Waals surface area contributed by atoms with Crippen molar-refractivity contribution in [2.24, 2.45) is 50.7 Å². The first kappa shape index (κ1) is 35.3. The van der Waals surface area contributed by atoms with Crippen LogP contribution in [0.2, 0.25) is 0 Å². The predicted molar refractivity (Wildman–Crippen MR) is 180 cm³/mol. The molecule has 1 amide bonds. The lowest BCUT2D eigenvalue weighted by atomic mass is 9.33. The Labute approximate surface area is 281 Å². The third-order valence-electron chi connectivity index (χ3n) is 13.8. The van der Waals surface area contributed by atoms with Gasteiger partial charge >= 0.3 is 11.9 Å². The quantitative estimate of drug-likeness (QED) is 0.259. The van der Waals surface area contributed by atoms with E-state index < -0.39 is 17.4 Å². The lowest BCUT2D eigenvalue weighted by Crippen LogP contribution is -2.64. The van der Waals surface area contributed by atoms with E-state index in [0.29, 0.717) is 23.2 Å². The minimum Gasteiger partial charge on any atom is -0.325 e. The molecule has 1 aromatic rings. The van der Waals surface area contributed by atoms with Crippen LogP contribution < -0.4 is 5.32 Å². The maximum Gasteiger partial charge on any atom is 0.366 e. The number of carbonyl (C=O) groups excluding carboxylic acids is 4. The van der Waals surface area contributed by atoms with Crippen molar-refractivity contribution >= 4 is 29.3 Å². The smallest absolute Gasteiger partial charge is 0.325 e. The average molecular weight is 649 g/mol. The molecule has 1 N–H and O–H groups in total. The van der Waals surface area contributed by atoms with E-state index in [-0.39, 0.29) is 40.8 Å². The van der Waals surface area contributed by atoms with E-state index in [1.165, 1.54) is 46.0 Å². The van der Waals surface area contributed by atoms with Crippen LogP contribution in [0.3, 0.4) is 0 Å². The number of nitrogens with one attached hydrogen (secondary N) is 1. The van der Waals surface area contributed by atoms with Crippen LogP contribution in [-0.4, -0.2) is 28.6 Å². The average Bonchev–Trinajstić information content (AvgIpc) is 3.29. The van der Waals surface area contributed by atoms with Gasteiger partial charge in [-0.2, -0.15) is 0 Å². The van der Waals surface area contributed by atoms with Crippen molar-refractivity contribution in [3.63, 3.8) is 0 Å². The Balaban J connectivity index is 0.000000371. The van der Waals surface area contributed by atoms with E-state index in [1.54, 1.807) is 24.5 Å². The maximum absolute atomic E-state index is 13.6. The van der Waals surface area contributed by atoms with Crippen molar-refractivity contribution in [2.75, 3.05) is 5.32 Å². The van der Waals surface area contributed by atoms with Crippen LogP contribution in [0.5, 0.6) is 0 Å². The number of ketones is 1. The van der Waals surface area contributed by atoms with Gasteiger partial charge < -0.3 is 5.32 Å². The molecule has 8 nitrogen and oxygen atoms in total. The summed E-state index contributed by atoms with van der Waals surface area (Å²) in [5.41, 5.74) is 2.51. The molecule has 0 radical (unpaired) electrons. The van der Waals surface area contributed by atoms with E-state index in [4.69, 9.17) is 9.78 Å². The van der Waals surface area contributed by atoms with E-state index >= 15 is 0 Å². The van der Waals surface area contributed by atoms with Gasteiger partial charge in [0.05, 0.1) is 11.9 Å². The van der Waals surface area contributed by atoms with Gasteiger partial charge in [-0.25, -0.2) is 19.4 Å². The van der Waals surface area contributed by atoms with Crippen LogP contribution in [-0.2, 0) is 29.0 Å². The Hall–Kier alpha value is -3.03. The molecule has 1 heterocycles. The second-order valence-electron chi connectivity index (χ2n) is 17.0. The molecular formula is C39H56N2O6. The molecule has 0 aliphatic heterocycles. The Kier molecular flexibility index (Phi) is 9.35. The van der Waals surface area contributed by atoms with Crippen molar-refractivity contribution in [3.05, 3.63) is 35.7 Å². The van der Waals surface area contributed by atoms with Crippen LogP contribution in [0, 0.1) is 50.7 Å². The summed E-state index contributed by atoms with van der Waals surface area (Å²) in [7, 11) is 0. The zero-order chi connectivity index (χ0) is 34.6. The third kappa shape index (κ3) is 5.75. The molecule has 0 aromatic carbocycles. The number of Topliss-reactive ketones (excluding diaryl/α,β-unsaturated/α-hetero) is 1. The Morgan fingerprint density at radius 1 is 0.894 bits per heavy atom. The summed E-state index contributed by atoms with van der Waals surface area (Å²) < 4.78 is 0. The van der Waals surface area contributed by atoms with Crippen LogP contribution in [0.1, 0.15) is 127 Å². The minimum absolute atomic E-state index is 0.0107. The summed E-state index contributed by atoms with van der Waals surface area (Å²) in [6, 6.07) is 3.56. The zero-order valence-electron chi connectivity index (χ0n) is 30.1. The first-order chi connectivity index (χ1) is 21.9. The molecule has 7 atom stereocenters. The molecule has 0 spiro atoms. The molecule has 0 saturated heterocycles. The largest absolute Gasteiger partial charge is 0.366 e. The highest BCUT2D eigenvalue weighted by atomic mass is 17.2. The molecule has 6 rings (SSSR count). The molecule has 8 heteroatoms. The van der Waals surface area contributed by atoms with Crippen molar-refractivity contribution in [1.29, 1.82) is 0 Å². The number of hydrogen-bond donors (Lipinski definition) is 1. The van der Waals surface area contributed by atoms with Crippen molar-refractivity contribution in [2.45, 2.75) is 127 Å². The number of fused-ring (bicyclic) bond motifs is 7. The number of rotatable bonds is 3. The van der Waals surface area contributed by atoms with Gasteiger partial charge in [-0.1, -0.05) is 54.9 Å². The first-order valence-corrected chi connectivity index (χ1v) is 17.8. The summed E-state index contributed by atoms with van der Waals surface area (Å²) in [4.78, 5) is 62.7. The molecule has 4 saturated carbocycles. The number of aromatic nitrogens is 1. The first-order valence-electron chi connectivity index (χ1n) is 17.8. The number of allylic oxidation sites excluding steroid dienone is 1. The van der Waals surface area contributed by atoms with Crippen molar-refractivity contribution < 1.29 is 29.0 Å². The molecule has 0 unspecified atom stereocenters. The number of nitrogens with zero attached hydrogens (tertiary/aromatic N) is 1. The molecular weight excluding hydrogens is 592 g/mol. The number of hydrogen-bond acceptors (Lipinski definition) is 7. The van der Waals surface area contributed by atoms with Gasteiger partial charge in [-0.3, -0.25) is 14.6 Å². The molecule has 0 bridgehead atoms. The number of amides is 1. The van der Waals surface area contributed by atoms with Crippen LogP contribution in [0.25, 0.3) is 0 Å². The van der Waals surface area contributed by atoms with Gasteiger partial charge in [0.2, 0.25) is 5.91 Å². The Bertz CT molecular complexity index is 1450. The highest BCUT2D eigenvalue weighted by Gasteiger charge is 2.70. The fraction of sp³-hybridized carbons (Fsp3) is 0.718. The van der Waals surface area contributed by atoms with E-state index in [9.17, 15) is 19.2 Å². The SMILES string of the molecule is CC(=O)Nc1cccnc1.CC(=O)OOC(=O)[C@@]12CC[C@]3(C)[C@H](CC[C@@H]4[C@@]5(C)CCCC(C)(C)[C@@H]5CC[C@]43C)C1=C(C(C)C)C(=O)C2. The number of pyridine rings is 1. The molecule has 47 heavy (non-hydrogen) atoms. The summed E-state index contributed by atoms with van der Waals surface area (Å²) in [5, 5.41) is 2.60. The third-order valence-corrected chi connectivity index (χ3v) is 13.8. The zero-order valence-corrected chi connectivity index (χ0v) is 30.1. The monoisotopic (exact) mass is 648 g/mol. The minimum atomic E-state index is -0.993. The normalized spacial score (nSPS) is 36.9. The van der Waals surface area contributed by atoms with Crippen LogP contribution >= 0.6 is 0 Å². The lowest BCUT2D eigenvalue weighted by Gasteiger charge is -2.71. The van der Waals surface area contributed by atoms with E-state index in [1.807, 2.05) is 0 Å². The summed E-state index contributed by atoms with van der Waals surface area (Å²) >= 11 is 0.